The molecule has 0 atom stereocenters. The summed E-state index contributed by atoms with van der Waals surface area (Å²) in [5, 5.41) is 15.0. The minimum atomic E-state index is -1.06. The SMILES string of the molecule is Cc1ccc(NC(=O)C(=O)Nc2nc(CC(=O)O)c(Sc3ccccn3)s2)c(OCC(C)C)c1. The molecule has 0 unspecified atom stereocenters. The summed E-state index contributed by atoms with van der Waals surface area (Å²) >= 11 is 2.32. The van der Waals surface area contributed by atoms with E-state index in [1.807, 2.05) is 26.8 Å². The lowest BCUT2D eigenvalue weighted by molar-refractivity contribution is -0.136. The maximum atomic E-state index is 12.5. The van der Waals surface area contributed by atoms with Crippen LogP contribution in [-0.4, -0.2) is 39.5 Å². The average Bonchev–Trinajstić information content (AvgIpc) is 3.14. The van der Waals surface area contributed by atoms with E-state index in [4.69, 9.17) is 4.74 Å². The minimum absolute atomic E-state index is 0.120. The second-order valence-corrected chi connectivity index (χ2v) is 9.99. The van der Waals surface area contributed by atoms with Crippen LogP contribution in [0.15, 0.2) is 51.8 Å². The van der Waals surface area contributed by atoms with Crippen LogP contribution in [0.4, 0.5) is 10.8 Å². The summed E-state index contributed by atoms with van der Waals surface area (Å²) in [5.74, 6) is -2.12. The summed E-state index contributed by atoms with van der Waals surface area (Å²) in [6.07, 6.45) is 1.30. The summed E-state index contributed by atoms with van der Waals surface area (Å²) < 4.78 is 6.34. The van der Waals surface area contributed by atoms with E-state index in [0.29, 0.717) is 27.3 Å². The lowest BCUT2D eigenvalue weighted by atomic mass is 10.2. The monoisotopic (exact) mass is 500 g/mol. The molecule has 2 amide bonds. The van der Waals surface area contributed by atoms with Crippen molar-refractivity contribution in [3.63, 3.8) is 0 Å². The number of rotatable bonds is 9. The number of hydrogen-bond acceptors (Lipinski definition) is 8. The van der Waals surface area contributed by atoms with Gasteiger partial charge in [-0.1, -0.05) is 49.1 Å². The van der Waals surface area contributed by atoms with Crippen molar-refractivity contribution in [3.05, 3.63) is 53.9 Å². The van der Waals surface area contributed by atoms with E-state index in [0.717, 1.165) is 16.9 Å². The number of nitrogens with one attached hydrogen (secondary N) is 2. The zero-order valence-electron chi connectivity index (χ0n) is 18.8. The first-order chi connectivity index (χ1) is 16.2. The van der Waals surface area contributed by atoms with Gasteiger partial charge in [0.2, 0.25) is 0 Å². The lowest BCUT2D eigenvalue weighted by Crippen LogP contribution is -2.29. The number of amides is 2. The third kappa shape index (κ3) is 7.29. The molecule has 0 fully saturated rings. The van der Waals surface area contributed by atoms with Gasteiger partial charge < -0.3 is 15.2 Å². The first-order valence-electron chi connectivity index (χ1n) is 10.4. The molecule has 0 radical (unpaired) electrons. The topological polar surface area (TPSA) is 131 Å². The summed E-state index contributed by atoms with van der Waals surface area (Å²) in [7, 11) is 0. The molecule has 0 aliphatic carbocycles. The minimum Gasteiger partial charge on any atom is -0.491 e. The zero-order chi connectivity index (χ0) is 24.7. The Labute approximate surface area is 205 Å². The number of pyridine rings is 1. The molecule has 11 heteroatoms. The average molecular weight is 501 g/mol. The standard InChI is InChI=1S/C23H24N4O5S2/c1-13(2)12-32-17-10-14(3)7-8-15(17)25-20(30)21(31)27-23-26-16(11-19(28)29)22(34-23)33-18-6-4-5-9-24-18/h4-10,13H,11-12H2,1-3H3,(H,25,30)(H,28,29)(H,26,27,31). The predicted molar refractivity (Wildman–Crippen MR) is 131 cm³/mol. The van der Waals surface area contributed by atoms with E-state index in [9.17, 15) is 19.5 Å². The van der Waals surface area contributed by atoms with Crippen molar-refractivity contribution in [2.75, 3.05) is 17.2 Å². The van der Waals surface area contributed by atoms with Gasteiger partial charge in [0.15, 0.2) is 5.13 Å². The van der Waals surface area contributed by atoms with E-state index in [1.165, 1.54) is 11.8 Å². The second kappa shape index (κ2) is 11.6. The maximum Gasteiger partial charge on any atom is 0.315 e. The first-order valence-corrected chi connectivity index (χ1v) is 12.0. The third-order valence-electron chi connectivity index (χ3n) is 4.20. The molecule has 0 spiro atoms. The highest BCUT2D eigenvalue weighted by Gasteiger charge is 2.21. The molecule has 0 saturated heterocycles. The fourth-order valence-corrected chi connectivity index (χ4v) is 4.73. The Hall–Kier alpha value is -3.44. The highest BCUT2D eigenvalue weighted by atomic mass is 32.2. The number of thiazole rings is 1. The van der Waals surface area contributed by atoms with Gasteiger partial charge in [-0.25, -0.2) is 9.97 Å². The summed E-state index contributed by atoms with van der Waals surface area (Å²) in [6.45, 7) is 6.38. The summed E-state index contributed by atoms with van der Waals surface area (Å²) in [5.41, 5.74) is 1.61. The van der Waals surface area contributed by atoms with Crippen molar-refractivity contribution in [2.24, 2.45) is 5.92 Å². The maximum absolute atomic E-state index is 12.5. The van der Waals surface area contributed by atoms with Crippen LogP contribution >= 0.6 is 23.1 Å². The van der Waals surface area contributed by atoms with Gasteiger partial charge in [0, 0.05) is 6.20 Å². The Morgan fingerprint density at radius 3 is 2.59 bits per heavy atom. The number of aryl methyl sites for hydroxylation is 1. The van der Waals surface area contributed by atoms with Crippen molar-refractivity contribution in [1.29, 1.82) is 0 Å². The van der Waals surface area contributed by atoms with Gasteiger partial charge in [-0.15, -0.1) is 0 Å². The second-order valence-electron chi connectivity index (χ2n) is 7.71. The van der Waals surface area contributed by atoms with Crippen molar-refractivity contribution in [1.82, 2.24) is 9.97 Å². The first kappa shape index (κ1) is 25.2. The molecule has 0 aliphatic heterocycles. The number of carboxylic acid groups (broad SMARTS) is 1. The van der Waals surface area contributed by atoms with Crippen LogP contribution in [0.1, 0.15) is 25.1 Å². The number of hydrogen-bond donors (Lipinski definition) is 3. The number of anilines is 2. The van der Waals surface area contributed by atoms with Crippen molar-refractivity contribution in [2.45, 2.75) is 36.4 Å². The highest BCUT2D eigenvalue weighted by Crippen LogP contribution is 2.36. The van der Waals surface area contributed by atoms with E-state index in [1.54, 1.807) is 36.5 Å². The quantitative estimate of drug-likeness (QED) is 0.372. The molecule has 0 aliphatic rings. The molecule has 3 aromatic rings. The molecule has 0 saturated carbocycles. The Balaban J connectivity index is 1.72. The van der Waals surface area contributed by atoms with Crippen LogP contribution in [0.3, 0.4) is 0 Å². The largest absolute Gasteiger partial charge is 0.491 e. The normalized spacial score (nSPS) is 10.7. The van der Waals surface area contributed by atoms with Gasteiger partial charge in [0.05, 0.1) is 28.6 Å². The van der Waals surface area contributed by atoms with Gasteiger partial charge in [-0.2, -0.15) is 0 Å². The van der Waals surface area contributed by atoms with Gasteiger partial charge in [0.25, 0.3) is 0 Å². The smallest absolute Gasteiger partial charge is 0.315 e. The van der Waals surface area contributed by atoms with E-state index < -0.39 is 17.8 Å². The van der Waals surface area contributed by atoms with E-state index in [2.05, 4.69) is 20.6 Å². The molecule has 34 heavy (non-hydrogen) atoms. The molecular weight excluding hydrogens is 476 g/mol. The number of benzene rings is 1. The molecule has 3 N–H and O–H groups in total. The van der Waals surface area contributed by atoms with E-state index in [-0.39, 0.29) is 23.2 Å². The van der Waals surface area contributed by atoms with Crippen molar-refractivity contribution < 1.29 is 24.2 Å². The number of nitrogens with zero attached hydrogens (tertiary/aromatic N) is 2. The Bertz CT molecular complexity index is 1180. The molecule has 0 bridgehead atoms. The third-order valence-corrected chi connectivity index (χ3v) is 6.38. The summed E-state index contributed by atoms with van der Waals surface area (Å²) in [4.78, 5) is 44.7. The molecule has 178 valence electrons. The Morgan fingerprint density at radius 1 is 1.15 bits per heavy atom. The molecule has 2 heterocycles. The summed E-state index contributed by atoms with van der Waals surface area (Å²) in [6, 6.07) is 10.6. The number of carboxylic acids is 1. The Morgan fingerprint density at radius 2 is 1.91 bits per heavy atom. The molecule has 1 aromatic carbocycles. The van der Waals surface area contributed by atoms with Crippen LogP contribution in [0.5, 0.6) is 5.75 Å². The van der Waals surface area contributed by atoms with E-state index >= 15 is 0 Å². The van der Waals surface area contributed by atoms with Crippen LogP contribution in [-0.2, 0) is 20.8 Å². The van der Waals surface area contributed by atoms with Gasteiger partial charge in [0.1, 0.15) is 10.8 Å². The van der Waals surface area contributed by atoms with Gasteiger partial charge in [-0.3, -0.25) is 19.7 Å². The highest BCUT2D eigenvalue weighted by molar-refractivity contribution is 8.01. The van der Waals surface area contributed by atoms with Gasteiger partial charge in [-0.05, 0) is 42.7 Å². The van der Waals surface area contributed by atoms with Crippen molar-refractivity contribution in [3.8, 4) is 5.75 Å². The predicted octanol–water partition coefficient (Wildman–Crippen LogP) is 4.24. The van der Waals surface area contributed by atoms with Crippen molar-refractivity contribution >= 4 is 51.7 Å². The van der Waals surface area contributed by atoms with Gasteiger partial charge >= 0.3 is 17.8 Å². The fourth-order valence-electron chi connectivity index (χ4n) is 2.67. The fraction of sp³-hybridized carbons (Fsp3) is 0.261. The number of aliphatic carboxylic acids is 1. The molecular formula is C23H24N4O5S2. The lowest BCUT2D eigenvalue weighted by Gasteiger charge is -2.14. The molecule has 3 rings (SSSR count). The number of ether oxygens (including phenoxy) is 1. The zero-order valence-corrected chi connectivity index (χ0v) is 20.5. The van der Waals surface area contributed by atoms with Crippen LogP contribution in [0, 0.1) is 12.8 Å². The number of carbonyl (C=O) groups excluding carboxylic acids is 2. The Kier molecular flexibility index (Phi) is 8.61. The molecule has 9 nitrogen and oxygen atoms in total. The molecule has 2 aromatic heterocycles. The number of carbonyl (C=O) groups is 3. The van der Waals surface area contributed by atoms with Crippen LogP contribution < -0.4 is 15.4 Å². The van der Waals surface area contributed by atoms with Crippen LogP contribution in [0.25, 0.3) is 0 Å². The number of aromatic nitrogens is 2. The van der Waals surface area contributed by atoms with Crippen LogP contribution in [0.2, 0.25) is 0 Å².